The Balaban J connectivity index is 2.83. The van der Waals surface area contributed by atoms with Gasteiger partial charge >= 0.3 is 0 Å². The summed E-state index contributed by atoms with van der Waals surface area (Å²) in [6, 6.07) is 0. The summed E-state index contributed by atoms with van der Waals surface area (Å²) >= 11 is 2.03. The van der Waals surface area contributed by atoms with Gasteiger partial charge in [0.25, 0.3) is 0 Å². The van der Waals surface area contributed by atoms with Gasteiger partial charge in [-0.05, 0) is 50.2 Å². The van der Waals surface area contributed by atoms with Crippen molar-refractivity contribution in [3.8, 4) is 0 Å². The van der Waals surface area contributed by atoms with Crippen molar-refractivity contribution in [3.05, 3.63) is 11.6 Å². The first-order valence-corrected chi connectivity index (χ1v) is 8.71. The van der Waals surface area contributed by atoms with E-state index in [1.165, 1.54) is 37.0 Å². The van der Waals surface area contributed by atoms with Crippen LogP contribution in [0.15, 0.2) is 11.6 Å². The van der Waals surface area contributed by atoms with Crippen molar-refractivity contribution < 1.29 is 4.79 Å². The molecular formula is C17H30OS. The highest BCUT2D eigenvalue weighted by Gasteiger charge is 2.38. The van der Waals surface area contributed by atoms with Crippen LogP contribution in [0.2, 0.25) is 0 Å². The van der Waals surface area contributed by atoms with Crippen LogP contribution in [0.3, 0.4) is 0 Å². The molecule has 0 aromatic heterocycles. The Hall–Kier alpha value is -0.240. The van der Waals surface area contributed by atoms with Gasteiger partial charge in [-0.15, -0.1) is 0 Å². The van der Waals surface area contributed by atoms with Gasteiger partial charge in [0.2, 0.25) is 0 Å². The third kappa shape index (κ3) is 4.98. The lowest BCUT2D eigenvalue weighted by molar-refractivity contribution is -0.117. The van der Waals surface area contributed by atoms with Crippen LogP contribution < -0.4 is 0 Å². The lowest BCUT2D eigenvalue weighted by Crippen LogP contribution is -2.36. The first-order valence-electron chi connectivity index (χ1n) is 7.66. The van der Waals surface area contributed by atoms with E-state index in [1.807, 2.05) is 11.8 Å². The lowest BCUT2D eigenvalue weighted by atomic mass is 9.66. The molecule has 0 aromatic rings. The highest BCUT2D eigenvalue weighted by atomic mass is 32.2. The largest absolute Gasteiger partial charge is 0.300 e. The summed E-state index contributed by atoms with van der Waals surface area (Å²) in [6.45, 7) is 11.0. The molecule has 0 aromatic carbocycles. The van der Waals surface area contributed by atoms with Gasteiger partial charge in [-0.1, -0.05) is 38.8 Å². The summed E-state index contributed by atoms with van der Waals surface area (Å²) in [6.07, 6.45) is 8.06. The summed E-state index contributed by atoms with van der Waals surface area (Å²) < 4.78 is 0. The Kier molecular flexibility index (Phi) is 6.65. The Morgan fingerprint density at radius 1 is 1.53 bits per heavy atom. The molecule has 1 aliphatic rings. The molecule has 0 saturated carbocycles. The second kappa shape index (κ2) is 7.52. The summed E-state index contributed by atoms with van der Waals surface area (Å²) in [7, 11) is 0. The van der Waals surface area contributed by atoms with Crippen LogP contribution >= 0.6 is 11.8 Å². The maximum atomic E-state index is 11.6. The third-order valence-electron chi connectivity index (χ3n) is 4.28. The first kappa shape index (κ1) is 16.8. The molecule has 1 aliphatic carbocycles. The normalized spacial score (nSPS) is 23.8. The monoisotopic (exact) mass is 282 g/mol. The summed E-state index contributed by atoms with van der Waals surface area (Å²) in [5.41, 5.74) is 1.84. The van der Waals surface area contributed by atoms with Gasteiger partial charge in [0.15, 0.2) is 0 Å². The maximum Gasteiger partial charge on any atom is 0.130 e. The van der Waals surface area contributed by atoms with E-state index in [2.05, 4.69) is 33.8 Å². The minimum atomic E-state index is 0.332. The predicted molar refractivity (Wildman–Crippen MR) is 86.7 cm³/mol. The molecule has 110 valence electrons. The summed E-state index contributed by atoms with van der Waals surface area (Å²) in [4.78, 5) is 11.6. The van der Waals surface area contributed by atoms with Crippen molar-refractivity contribution in [1.82, 2.24) is 0 Å². The Morgan fingerprint density at radius 2 is 2.21 bits per heavy atom. The number of allylic oxidation sites excluding steroid dienone is 2. The van der Waals surface area contributed by atoms with Crippen LogP contribution in [0.5, 0.6) is 0 Å². The van der Waals surface area contributed by atoms with Crippen molar-refractivity contribution in [1.29, 1.82) is 0 Å². The molecule has 0 amide bonds. The lowest BCUT2D eigenvalue weighted by Gasteiger charge is -2.43. The van der Waals surface area contributed by atoms with Crippen molar-refractivity contribution in [2.45, 2.75) is 72.0 Å². The van der Waals surface area contributed by atoms with E-state index >= 15 is 0 Å². The van der Waals surface area contributed by atoms with Crippen LogP contribution in [-0.2, 0) is 4.79 Å². The number of carbonyl (C=O) groups is 1. The highest BCUT2D eigenvalue weighted by Crippen LogP contribution is 2.47. The SMILES string of the molecule is CCCCSC(CC(C)=O)C1C(C)=CCCC1(C)C. The number of hydrogen-bond acceptors (Lipinski definition) is 2. The van der Waals surface area contributed by atoms with E-state index in [0.717, 1.165) is 6.42 Å². The van der Waals surface area contributed by atoms with Gasteiger partial charge < -0.3 is 0 Å². The number of ketones is 1. The van der Waals surface area contributed by atoms with E-state index in [0.29, 0.717) is 22.4 Å². The van der Waals surface area contributed by atoms with Crippen molar-refractivity contribution in [3.63, 3.8) is 0 Å². The number of Topliss-reactive ketones (excluding diaryl/α,β-unsaturated/α-hetero) is 1. The second-order valence-corrected chi connectivity index (χ2v) is 7.97. The maximum absolute atomic E-state index is 11.6. The molecule has 0 N–H and O–H groups in total. The van der Waals surface area contributed by atoms with Crippen molar-refractivity contribution >= 4 is 17.5 Å². The molecule has 2 heteroatoms. The molecule has 0 radical (unpaired) electrons. The molecule has 2 unspecified atom stereocenters. The molecular weight excluding hydrogens is 252 g/mol. The number of hydrogen-bond donors (Lipinski definition) is 0. The number of carbonyl (C=O) groups excluding carboxylic acids is 1. The molecule has 1 rings (SSSR count). The van der Waals surface area contributed by atoms with E-state index in [1.54, 1.807) is 6.92 Å². The summed E-state index contributed by atoms with van der Waals surface area (Å²) in [5, 5.41) is 0.468. The smallest absolute Gasteiger partial charge is 0.130 e. The molecule has 0 aliphatic heterocycles. The van der Waals surface area contributed by atoms with Crippen LogP contribution in [0, 0.1) is 11.3 Å². The first-order chi connectivity index (χ1) is 8.88. The third-order valence-corrected chi connectivity index (χ3v) is 5.67. The Labute approximate surface area is 123 Å². The van der Waals surface area contributed by atoms with E-state index in [4.69, 9.17) is 0 Å². The van der Waals surface area contributed by atoms with E-state index in [9.17, 15) is 4.79 Å². The van der Waals surface area contributed by atoms with Gasteiger partial charge in [-0.3, -0.25) is 4.79 Å². The van der Waals surface area contributed by atoms with E-state index < -0.39 is 0 Å². The van der Waals surface area contributed by atoms with Crippen molar-refractivity contribution in [2.24, 2.45) is 11.3 Å². The molecule has 2 atom stereocenters. The van der Waals surface area contributed by atoms with Gasteiger partial charge in [0.05, 0.1) is 0 Å². The zero-order valence-electron chi connectivity index (χ0n) is 13.3. The predicted octanol–water partition coefficient (Wildman–Crippen LogP) is 5.25. The highest BCUT2D eigenvalue weighted by molar-refractivity contribution is 7.99. The Bertz CT molecular complexity index is 330. The Morgan fingerprint density at radius 3 is 2.74 bits per heavy atom. The van der Waals surface area contributed by atoms with Crippen LogP contribution in [0.1, 0.15) is 66.7 Å². The molecule has 0 spiro atoms. The quantitative estimate of drug-likeness (QED) is 0.468. The standard InChI is InChI=1S/C17H30OS/c1-6-7-11-19-15(12-14(3)18)16-13(2)9-8-10-17(16,4)5/h9,15-16H,6-8,10-12H2,1-5H3. The molecule has 1 nitrogen and oxygen atoms in total. The molecule has 0 bridgehead atoms. The van der Waals surface area contributed by atoms with E-state index in [-0.39, 0.29) is 0 Å². The zero-order valence-corrected chi connectivity index (χ0v) is 14.1. The fourth-order valence-corrected chi connectivity index (χ4v) is 5.19. The minimum Gasteiger partial charge on any atom is -0.300 e. The van der Waals surface area contributed by atoms with Gasteiger partial charge in [0.1, 0.15) is 5.78 Å². The number of thioether (sulfide) groups is 1. The van der Waals surface area contributed by atoms with Gasteiger partial charge in [-0.2, -0.15) is 11.8 Å². The molecule has 0 saturated heterocycles. The van der Waals surface area contributed by atoms with Crippen LogP contribution in [0.4, 0.5) is 0 Å². The molecule has 19 heavy (non-hydrogen) atoms. The van der Waals surface area contributed by atoms with Crippen molar-refractivity contribution in [2.75, 3.05) is 5.75 Å². The zero-order chi connectivity index (χ0) is 14.5. The molecule has 0 fully saturated rings. The molecule has 0 heterocycles. The summed E-state index contributed by atoms with van der Waals surface area (Å²) in [5.74, 6) is 2.09. The fraction of sp³-hybridized carbons (Fsp3) is 0.824. The average molecular weight is 282 g/mol. The van der Waals surface area contributed by atoms with Crippen LogP contribution in [-0.4, -0.2) is 16.8 Å². The minimum absolute atomic E-state index is 0.332. The fourth-order valence-electron chi connectivity index (χ4n) is 3.30. The second-order valence-electron chi connectivity index (χ2n) is 6.62. The average Bonchev–Trinajstić information content (AvgIpc) is 2.26. The number of unbranched alkanes of at least 4 members (excludes halogenated alkanes) is 1. The van der Waals surface area contributed by atoms with Gasteiger partial charge in [0, 0.05) is 11.7 Å². The van der Waals surface area contributed by atoms with Gasteiger partial charge in [-0.25, -0.2) is 0 Å². The number of rotatable bonds is 7. The topological polar surface area (TPSA) is 17.1 Å². The van der Waals surface area contributed by atoms with Crippen LogP contribution in [0.25, 0.3) is 0 Å².